The van der Waals surface area contributed by atoms with Crippen molar-refractivity contribution < 1.29 is 4.79 Å². The summed E-state index contributed by atoms with van der Waals surface area (Å²) in [6.45, 7) is 0. The third-order valence-electron chi connectivity index (χ3n) is 5.07. The van der Waals surface area contributed by atoms with Gasteiger partial charge in [0, 0.05) is 6.42 Å². The summed E-state index contributed by atoms with van der Waals surface area (Å²) in [4.78, 5) is 12.8. The lowest BCUT2D eigenvalue weighted by Crippen LogP contribution is -2.25. The molecule has 1 nitrogen and oxygen atoms in total. The maximum atomic E-state index is 12.8. The molecule has 1 aliphatic rings. The number of benzene rings is 3. The first-order valence-corrected chi connectivity index (χ1v) is 8.40. The lowest BCUT2D eigenvalue weighted by Gasteiger charge is -2.32. The fourth-order valence-electron chi connectivity index (χ4n) is 4.01. The largest absolute Gasteiger partial charge is 0.299 e. The molecule has 3 aromatic carbocycles. The highest BCUT2D eigenvalue weighted by Crippen LogP contribution is 2.43. The van der Waals surface area contributed by atoms with Crippen LogP contribution >= 0.6 is 0 Å². The fraction of sp³-hybridized carbons (Fsp3) is 0.227. The van der Waals surface area contributed by atoms with E-state index >= 15 is 0 Å². The van der Waals surface area contributed by atoms with Gasteiger partial charge >= 0.3 is 0 Å². The van der Waals surface area contributed by atoms with Crippen LogP contribution in [0.4, 0.5) is 0 Å². The molecule has 1 fully saturated rings. The molecule has 2 atom stereocenters. The van der Waals surface area contributed by atoms with E-state index in [-0.39, 0.29) is 5.92 Å². The molecule has 0 N–H and O–H groups in total. The van der Waals surface area contributed by atoms with Gasteiger partial charge in [0.1, 0.15) is 5.78 Å². The molecule has 3 aromatic rings. The van der Waals surface area contributed by atoms with Crippen LogP contribution < -0.4 is 0 Å². The minimum Gasteiger partial charge on any atom is -0.299 e. The number of Topliss-reactive ketones (excluding diaryl/α,β-unsaturated/α-hetero) is 1. The predicted molar refractivity (Wildman–Crippen MR) is 94.7 cm³/mol. The van der Waals surface area contributed by atoms with Crippen molar-refractivity contribution in [1.82, 2.24) is 0 Å². The van der Waals surface area contributed by atoms with Crippen molar-refractivity contribution >= 4 is 16.6 Å². The summed E-state index contributed by atoms with van der Waals surface area (Å²) in [7, 11) is 0. The molecule has 0 aromatic heterocycles. The van der Waals surface area contributed by atoms with Crippen molar-refractivity contribution in [3.8, 4) is 0 Å². The molecule has 0 amide bonds. The number of carbonyl (C=O) groups is 1. The maximum Gasteiger partial charge on any atom is 0.140 e. The molecular formula is C22H20O. The fourth-order valence-corrected chi connectivity index (χ4v) is 4.01. The topological polar surface area (TPSA) is 17.1 Å². The Morgan fingerprint density at radius 3 is 2.39 bits per heavy atom. The summed E-state index contributed by atoms with van der Waals surface area (Å²) in [5, 5.41) is 2.44. The monoisotopic (exact) mass is 300 g/mol. The molecule has 1 saturated carbocycles. The Labute approximate surface area is 137 Å². The number of hydrogen-bond acceptors (Lipinski definition) is 1. The normalized spacial score (nSPS) is 21.5. The van der Waals surface area contributed by atoms with Gasteiger partial charge in [-0.2, -0.15) is 0 Å². The zero-order chi connectivity index (χ0) is 15.6. The lowest BCUT2D eigenvalue weighted by atomic mass is 9.70. The minimum absolute atomic E-state index is 0.0164. The number of carbonyl (C=O) groups excluding carboxylic acids is 1. The van der Waals surface area contributed by atoms with Gasteiger partial charge in [0.05, 0.1) is 5.92 Å². The van der Waals surface area contributed by atoms with Crippen LogP contribution in [-0.4, -0.2) is 5.78 Å². The van der Waals surface area contributed by atoms with Gasteiger partial charge in [-0.1, -0.05) is 72.8 Å². The average Bonchev–Trinajstić information content (AvgIpc) is 2.62. The van der Waals surface area contributed by atoms with Crippen molar-refractivity contribution in [2.45, 2.75) is 31.1 Å². The van der Waals surface area contributed by atoms with Gasteiger partial charge < -0.3 is 0 Å². The Morgan fingerprint density at radius 2 is 1.52 bits per heavy atom. The van der Waals surface area contributed by atoms with E-state index in [1.54, 1.807) is 0 Å². The summed E-state index contributed by atoms with van der Waals surface area (Å²) in [6.07, 6.45) is 2.79. The van der Waals surface area contributed by atoms with Crippen LogP contribution in [0.3, 0.4) is 0 Å². The second-order valence-electron chi connectivity index (χ2n) is 6.42. The number of ketones is 1. The second-order valence-corrected chi connectivity index (χ2v) is 6.42. The van der Waals surface area contributed by atoms with E-state index in [4.69, 9.17) is 0 Å². The number of rotatable bonds is 2. The first kappa shape index (κ1) is 14.2. The average molecular weight is 300 g/mol. The Balaban J connectivity index is 1.87. The van der Waals surface area contributed by atoms with Gasteiger partial charge in [-0.05, 0) is 40.7 Å². The molecule has 4 rings (SSSR count). The van der Waals surface area contributed by atoms with Crippen LogP contribution in [0.2, 0.25) is 0 Å². The van der Waals surface area contributed by atoms with Gasteiger partial charge in [-0.3, -0.25) is 4.79 Å². The first-order chi connectivity index (χ1) is 11.3. The zero-order valence-electron chi connectivity index (χ0n) is 13.1. The molecule has 0 heterocycles. The third kappa shape index (κ3) is 2.57. The number of fused-ring (bicyclic) bond motifs is 1. The molecule has 114 valence electrons. The SMILES string of the molecule is O=C1CCCC(c2ccccc2)C1c1cccc2ccccc12. The molecule has 1 aliphatic carbocycles. The summed E-state index contributed by atoms with van der Waals surface area (Å²) < 4.78 is 0. The highest BCUT2D eigenvalue weighted by molar-refractivity contribution is 5.95. The summed E-state index contributed by atoms with van der Waals surface area (Å²) in [6, 6.07) is 25.3. The molecule has 1 heteroatoms. The Kier molecular flexibility index (Phi) is 3.70. The highest BCUT2D eigenvalue weighted by atomic mass is 16.1. The van der Waals surface area contributed by atoms with Crippen LogP contribution in [0.15, 0.2) is 72.8 Å². The molecule has 0 radical (unpaired) electrons. The quantitative estimate of drug-likeness (QED) is 0.614. The molecule has 0 aliphatic heterocycles. The smallest absolute Gasteiger partial charge is 0.140 e. The Hall–Kier alpha value is -2.41. The van der Waals surface area contributed by atoms with E-state index in [0.29, 0.717) is 18.1 Å². The predicted octanol–water partition coefficient (Wildman–Crippen LogP) is 5.46. The third-order valence-corrected chi connectivity index (χ3v) is 5.07. The highest BCUT2D eigenvalue weighted by Gasteiger charge is 2.34. The van der Waals surface area contributed by atoms with Crippen LogP contribution in [0, 0.1) is 0 Å². The van der Waals surface area contributed by atoms with E-state index in [1.165, 1.54) is 21.9 Å². The molecule has 2 unspecified atom stereocenters. The molecule has 0 spiro atoms. The molecule has 0 bridgehead atoms. The molecular weight excluding hydrogens is 280 g/mol. The van der Waals surface area contributed by atoms with E-state index in [2.05, 4.69) is 66.7 Å². The van der Waals surface area contributed by atoms with E-state index in [9.17, 15) is 4.79 Å². The Morgan fingerprint density at radius 1 is 0.783 bits per heavy atom. The van der Waals surface area contributed by atoms with Gasteiger partial charge in [-0.15, -0.1) is 0 Å². The molecule has 0 saturated heterocycles. The van der Waals surface area contributed by atoms with Crippen molar-refractivity contribution in [3.05, 3.63) is 83.9 Å². The van der Waals surface area contributed by atoms with Crippen molar-refractivity contribution in [3.63, 3.8) is 0 Å². The van der Waals surface area contributed by atoms with E-state index < -0.39 is 0 Å². The first-order valence-electron chi connectivity index (χ1n) is 8.40. The van der Waals surface area contributed by atoms with Crippen LogP contribution in [0.25, 0.3) is 10.8 Å². The van der Waals surface area contributed by atoms with Crippen LogP contribution in [-0.2, 0) is 4.79 Å². The molecule has 23 heavy (non-hydrogen) atoms. The van der Waals surface area contributed by atoms with Crippen LogP contribution in [0.5, 0.6) is 0 Å². The van der Waals surface area contributed by atoms with Crippen molar-refractivity contribution in [1.29, 1.82) is 0 Å². The number of hydrogen-bond donors (Lipinski definition) is 0. The van der Waals surface area contributed by atoms with Crippen molar-refractivity contribution in [2.24, 2.45) is 0 Å². The standard InChI is InChI=1S/C22H20O/c23-21-15-7-13-19(17-8-2-1-3-9-17)22(21)20-14-6-11-16-10-4-5-12-18(16)20/h1-6,8-12,14,19,22H,7,13,15H2. The summed E-state index contributed by atoms with van der Waals surface area (Å²) >= 11 is 0. The van der Waals surface area contributed by atoms with Gasteiger partial charge in [-0.25, -0.2) is 0 Å². The Bertz CT molecular complexity index is 829. The van der Waals surface area contributed by atoms with Gasteiger partial charge in [0.25, 0.3) is 0 Å². The van der Waals surface area contributed by atoms with Gasteiger partial charge in [0.15, 0.2) is 0 Å². The van der Waals surface area contributed by atoms with Crippen LogP contribution in [0.1, 0.15) is 42.2 Å². The van der Waals surface area contributed by atoms with Crippen molar-refractivity contribution in [2.75, 3.05) is 0 Å². The van der Waals surface area contributed by atoms with Gasteiger partial charge in [0.2, 0.25) is 0 Å². The summed E-state index contributed by atoms with van der Waals surface area (Å²) in [5.74, 6) is 0.668. The lowest BCUT2D eigenvalue weighted by molar-refractivity contribution is -0.122. The maximum absolute atomic E-state index is 12.8. The minimum atomic E-state index is -0.0164. The van der Waals surface area contributed by atoms with E-state index in [0.717, 1.165) is 12.8 Å². The second kappa shape index (κ2) is 6.00. The summed E-state index contributed by atoms with van der Waals surface area (Å²) in [5.41, 5.74) is 2.49. The van der Waals surface area contributed by atoms with E-state index in [1.807, 2.05) is 6.07 Å². The zero-order valence-corrected chi connectivity index (χ0v) is 13.1.